The van der Waals surface area contributed by atoms with Gasteiger partial charge in [-0.15, -0.1) is 24.0 Å². The fourth-order valence-electron chi connectivity index (χ4n) is 4.36. The van der Waals surface area contributed by atoms with E-state index in [-0.39, 0.29) is 35.8 Å². The van der Waals surface area contributed by atoms with Gasteiger partial charge >= 0.3 is 0 Å². The largest absolute Gasteiger partial charge is 0.354 e. The van der Waals surface area contributed by atoms with E-state index in [1.807, 2.05) is 29.2 Å². The number of guanidine groups is 1. The number of piperazine rings is 1. The number of carbonyl (C=O) groups excluding carboxylic acids is 2. The third-order valence-electron chi connectivity index (χ3n) is 6.07. The zero-order chi connectivity index (χ0) is 22.1. The van der Waals surface area contributed by atoms with Crippen molar-refractivity contribution in [3.8, 4) is 0 Å². The number of benzene rings is 1. The van der Waals surface area contributed by atoms with Crippen LogP contribution in [0.4, 0.5) is 0 Å². The van der Waals surface area contributed by atoms with Gasteiger partial charge in [0, 0.05) is 57.8 Å². The van der Waals surface area contributed by atoms with Crippen molar-refractivity contribution in [1.82, 2.24) is 20.4 Å². The minimum Gasteiger partial charge on any atom is -0.354 e. The van der Waals surface area contributed by atoms with E-state index in [9.17, 15) is 9.59 Å². The summed E-state index contributed by atoms with van der Waals surface area (Å²) in [6.45, 7) is 4.01. The molecular formula is C23H35ClIN5O2. The fraction of sp³-hybridized carbons (Fsp3) is 0.609. The first-order valence-electron chi connectivity index (χ1n) is 11.3. The highest BCUT2D eigenvalue weighted by Gasteiger charge is 2.23. The van der Waals surface area contributed by atoms with Crippen LogP contribution in [0.15, 0.2) is 29.3 Å². The van der Waals surface area contributed by atoms with Crippen LogP contribution in [0.25, 0.3) is 0 Å². The van der Waals surface area contributed by atoms with Crippen LogP contribution in [-0.4, -0.2) is 73.9 Å². The summed E-state index contributed by atoms with van der Waals surface area (Å²) < 4.78 is 0. The Hall–Kier alpha value is -1.55. The second-order valence-corrected chi connectivity index (χ2v) is 8.79. The van der Waals surface area contributed by atoms with Gasteiger partial charge in [0.05, 0.1) is 6.42 Å². The summed E-state index contributed by atoms with van der Waals surface area (Å²) in [5, 5.41) is 6.98. The summed E-state index contributed by atoms with van der Waals surface area (Å²) in [7, 11) is 1.76. The summed E-state index contributed by atoms with van der Waals surface area (Å²) in [5.74, 6) is 1.65. The Morgan fingerprint density at radius 3 is 2.38 bits per heavy atom. The molecule has 2 fully saturated rings. The molecule has 0 radical (unpaired) electrons. The van der Waals surface area contributed by atoms with Crippen molar-refractivity contribution in [2.45, 2.75) is 38.5 Å². The maximum atomic E-state index is 12.6. The zero-order valence-corrected chi connectivity index (χ0v) is 21.9. The first-order chi connectivity index (χ1) is 15.0. The summed E-state index contributed by atoms with van der Waals surface area (Å²) in [6, 6.07) is 7.45. The lowest BCUT2D eigenvalue weighted by atomic mass is 10.0. The molecule has 0 spiro atoms. The number of aliphatic imine (C=N–C) groups is 1. The van der Waals surface area contributed by atoms with Gasteiger partial charge in [-0.1, -0.05) is 36.6 Å². The fourth-order valence-corrected chi connectivity index (χ4v) is 4.57. The standard InChI is InChI=1S/C23H34ClN5O2.HI/c1-25-23(27-10-9-26-21(30)16-18-5-2-3-6-18)29-13-11-28(12-14-29)22(31)17-19-7-4-8-20(24)15-19;/h4,7-8,15,18H,2-3,5-6,9-14,16-17H2,1H3,(H,25,27)(H,26,30);1H. The maximum absolute atomic E-state index is 12.6. The number of nitrogens with zero attached hydrogens (tertiary/aromatic N) is 3. The quantitative estimate of drug-likeness (QED) is 0.227. The Morgan fingerprint density at radius 1 is 1.06 bits per heavy atom. The SMILES string of the molecule is CN=C(NCCNC(=O)CC1CCCC1)N1CCN(C(=O)Cc2cccc(Cl)c2)CC1.I. The monoisotopic (exact) mass is 575 g/mol. The molecule has 3 rings (SSSR count). The van der Waals surface area contributed by atoms with Gasteiger partial charge in [-0.05, 0) is 36.5 Å². The zero-order valence-electron chi connectivity index (χ0n) is 18.8. The van der Waals surface area contributed by atoms with Crippen LogP contribution < -0.4 is 10.6 Å². The Labute approximate surface area is 213 Å². The summed E-state index contributed by atoms with van der Waals surface area (Å²) in [6.07, 6.45) is 5.91. The highest BCUT2D eigenvalue weighted by atomic mass is 127. The van der Waals surface area contributed by atoms with Crippen LogP contribution >= 0.6 is 35.6 Å². The van der Waals surface area contributed by atoms with Crippen molar-refractivity contribution in [2.24, 2.45) is 10.9 Å². The molecule has 32 heavy (non-hydrogen) atoms. The molecule has 0 bridgehead atoms. The van der Waals surface area contributed by atoms with Gasteiger partial charge in [-0.2, -0.15) is 0 Å². The number of rotatable bonds is 7. The minimum atomic E-state index is 0. The molecule has 0 unspecified atom stereocenters. The molecule has 2 aliphatic rings. The average Bonchev–Trinajstić information content (AvgIpc) is 3.27. The van der Waals surface area contributed by atoms with Gasteiger partial charge < -0.3 is 20.4 Å². The Kier molecular flexibility index (Phi) is 11.6. The van der Waals surface area contributed by atoms with Crippen LogP contribution in [0.1, 0.15) is 37.7 Å². The van der Waals surface area contributed by atoms with Crippen LogP contribution in [0, 0.1) is 5.92 Å². The predicted octanol–water partition coefficient (Wildman–Crippen LogP) is 2.92. The Morgan fingerprint density at radius 2 is 1.72 bits per heavy atom. The molecule has 1 aromatic carbocycles. The van der Waals surface area contributed by atoms with E-state index < -0.39 is 0 Å². The van der Waals surface area contributed by atoms with E-state index in [1.165, 1.54) is 25.7 Å². The predicted molar refractivity (Wildman–Crippen MR) is 140 cm³/mol. The minimum absolute atomic E-state index is 0. The van der Waals surface area contributed by atoms with Gasteiger partial charge in [0.1, 0.15) is 0 Å². The molecule has 178 valence electrons. The lowest BCUT2D eigenvalue weighted by molar-refractivity contribution is -0.131. The summed E-state index contributed by atoms with van der Waals surface area (Å²) in [5.41, 5.74) is 0.937. The van der Waals surface area contributed by atoms with E-state index in [2.05, 4.69) is 20.5 Å². The molecule has 9 heteroatoms. The lowest BCUT2D eigenvalue weighted by Gasteiger charge is -2.36. The maximum Gasteiger partial charge on any atom is 0.227 e. The molecular weight excluding hydrogens is 541 g/mol. The van der Waals surface area contributed by atoms with Crippen LogP contribution in [0.2, 0.25) is 5.02 Å². The number of amides is 2. The van der Waals surface area contributed by atoms with Gasteiger partial charge in [-0.25, -0.2) is 0 Å². The molecule has 1 aliphatic heterocycles. The van der Waals surface area contributed by atoms with Crippen LogP contribution in [0.3, 0.4) is 0 Å². The number of hydrogen-bond acceptors (Lipinski definition) is 3. The second-order valence-electron chi connectivity index (χ2n) is 8.35. The van der Waals surface area contributed by atoms with Crippen LogP contribution in [-0.2, 0) is 16.0 Å². The van der Waals surface area contributed by atoms with Gasteiger partial charge in [0.15, 0.2) is 5.96 Å². The number of hydrogen-bond donors (Lipinski definition) is 2. The Balaban J connectivity index is 0.00000363. The number of carbonyl (C=O) groups is 2. The highest BCUT2D eigenvalue weighted by molar-refractivity contribution is 14.0. The molecule has 1 aromatic rings. The van der Waals surface area contributed by atoms with Crippen molar-refractivity contribution in [3.05, 3.63) is 34.9 Å². The van der Waals surface area contributed by atoms with E-state index in [1.54, 1.807) is 7.05 Å². The van der Waals surface area contributed by atoms with Crippen molar-refractivity contribution in [3.63, 3.8) is 0 Å². The van der Waals surface area contributed by atoms with E-state index >= 15 is 0 Å². The van der Waals surface area contributed by atoms with Crippen molar-refractivity contribution in [2.75, 3.05) is 46.3 Å². The average molecular weight is 576 g/mol. The van der Waals surface area contributed by atoms with Gasteiger partial charge in [0.2, 0.25) is 11.8 Å². The summed E-state index contributed by atoms with van der Waals surface area (Å²) >= 11 is 6.02. The third-order valence-corrected chi connectivity index (χ3v) is 6.30. The normalized spacial score (nSPS) is 17.1. The summed E-state index contributed by atoms with van der Waals surface area (Å²) in [4.78, 5) is 33.1. The lowest BCUT2D eigenvalue weighted by Crippen LogP contribution is -2.54. The van der Waals surface area contributed by atoms with Crippen LogP contribution in [0.5, 0.6) is 0 Å². The topological polar surface area (TPSA) is 77.0 Å². The van der Waals surface area contributed by atoms with E-state index in [0.717, 1.165) is 24.6 Å². The molecule has 1 saturated heterocycles. The van der Waals surface area contributed by atoms with E-state index in [4.69, 9.17) is 11.6 Å². The third kappa shape index (κ3) is 8.42. The molecule has 1 heterocycles. The van der Waals surface area contributed by atoms with Crippen molar-refractivity contribution >= 4 is 53.4 Å². The second kappa shape index (κ2) is 13.9. The molecule has 7 nitrogen and oxygen atoms in total. The van der Waals surface area contributed by atoms with Gasteiger partial charge in [0.25, 0.3) is 0 Å². The van der Waals surface area contributed by atoms with Crippen molar-refractivity contribution in [1.29, 1.82) is 0 Å². The molecule has 0 atom stereocenters. The molecule has 1 aliphatic carbocycles. The molecule has 2 amide bonds. The molecule has 1 saturated carbocycles. The van der Waals surface area contributed by atoms with Gasteiger partial charge in [-0.3, -0.25) is 14.6 Å². The van der Waals surface area contributed by atoms with Crippen molar-refractivity contribution < 1.29 is 9.59 Å². The highest BCUT2D eigenvalue weighted by Crippen LogP contribution is 2.27. The number of halogens is 2. The molecule has 2 N–H and O–H groups in total. The number of nitrogens with one attached hydrogen (secondary N) is 2. The first kappa shape index (κ1) is 26.7. The smallest absolute Gasteiger partial charge is 0.227 e. The molecule has 0 aromatic heterocycles. The Bertz CT molecular complexity index is 777. The first-order valence-corrected chi connectivity index (χ1v) is 11.7. The van der Waals surface area contributed by atoms with E-state index in [0.29, 0.717) is 50.0 Å².